The lowest BCUT2D eigenvalue weighted by Crippen LogP contribution is -2.39. The molecule has 0 aliphatic heterocycles. The molecule has 1 aromatic rings. The molecule has 0 radical (unpaired) electrons. The van der Waals surface area contributed by atoms with Crippen LogP contribution in [0.3, 0.4) is 0 Å². The van der Waals surface area contributed by atoms with Crippen LogP contribution in [0.2, 0.25) is 0 Å². The van der Waals surface area contributed by atoms with Gasteiger partial charge in [-0.05, 0) is 48.8 Å². The molecule has 0 aliphatic carbocycles. The van der Waals surface area contributed by atoms with Gasteiger partial charge in [-0.3, -0.25) is 0 Å². The summed E-state index contributed by atoms with van der Waals surface area (Å²) in [6, 6.07) is 7.88. The fourth-order valence-electron chi connectivity index (χ4n) is 0.988. The first-order valence-corrected chi connectivity index (χ1v) is 5.44. The number of halogens is 1. The fraction of sp³-hybridized carbons (Fsp3) is 0.455. The van der Waals surface area contributed by atoms with Gasteiger partial charge in [-0.25, -0.2) is 0 Å². The summed E-state index contributed by atoms with van der Waals surface area (Å²) >= 11 is 3.45. The van der Waals surface area contributed by atoms with E-state index in [4.69, 9.17) is 0 Å². The molecule has 1 unspecified atom stereocenters. The van der Waals surface area contributed by atoms with Gasteiger partial charge in [-0.2, -0.15) is 0 Å². The average Bonchev–Trinajstić information content (AvgIpc) is 2.07. The maximum Gasteiger partial charge on any atom is 0.0789 e. The summed E-state index contributed by atoms with van der Waals surface area (Å²) in [7, 11) is 0. The van der Waals surface area contributed by atoms with Crippen molar-refractivity contribution in [2.45, 2.75) is 32.4 Å². The second-order valence-corrected chi connectivity index (χ2v) is 4.85. The van der Waals surface area contributed by atoms with E-state index in [0.29, 0.717) is 0 Å². The maximum atomic E-state index is 9.76. The highest BCUT2D eigenvalue weighted by Crippen LogP contribution is 2.24. The van der Waals surface area contributed by atoms with Crippen LogP contribution in [0.5, 0.6) is 0 Å². The minimum atomic E-state index is -0.727. The number of nitrogens with one attached hydrogen (secondary N) is 1. The van der Waals surface area contributed by atoms with Gasteiger partial charge < -0.3 is 10.4 Å². The predicted molar refractivity (Wildman–Crippen MR) is 63.5 cm³/mol. The summed E-state index contributed by atoms with van der Waals surface area (Å²) in [6.45, 7) is 5.54. The first-order valence-electron chi connectivity index (χ1n) is 4.64. The Morgan fingerprint density at radius 1 is 1.36 bits per heavy atom. The van der Waals surface area contributed by atoms with Crippen LogP contribution in [0.1, 0.15) is 20.8 Å². The molecule has 0 heterocycles. The standard InChI is InChI=1S/C11H16BrNO/c1-8(11(2,3)14)13-10-7-5-4-6-9(10)12/h4-8,13-14H,1-3H3. The van der Waals surface area contributed by atoms with Crippen molar-refractivity contribution >= 4 is 21.6 Å². The van der Waals surface area contributed by atoms with Gasteiger partial charge in [0.05, 0.1) is 11.6 Å². The highest BCUT2D eigenvalue weighted by atomic mass is 79.9. The molecule has 1 atom stereocenters. The predicted octanol–water partition coefficient (Wildman–Crippen LogP) is 3.02. The van der Waals surface area contributed by atoms with Crippen LogP contribution in [0.4, 0.5) is 5.69 Å². The Kier molecular flexibility index (Phi) is 3.56. The maximum absolute atomic E-state index is 9.76. The van der Waals surface area contributed by atoms with E-state index in [1.165, 1.54) is 0 Å². The SMILES string of the molecule is CC(Nc1ccccc1Br)C(C)(C)O. The van der Waals surface area contributed by atoms with Crippen LogP contribution in [-0.2, 0) is 0 Å². The summed E-state index contributed by atoms with van der Waals surface area (Å²) in [5.41, 5.74) is 0.275. The zero-order valence-electron chi connectivity index (χ0n) is 8.71. The zero-order chi connectivity index (χ0) is 10.8. The third-order valence-corrected chi connectivity index (χ3v) is 3.00. The van der Waals surface area contributed by atoms with E-state index in [2.05, 4.69) is 21.2 Å². The Morgan fingerprint density at radius 3 is 2.43 bits per heavy atom. The third kappa shape index (κ3) is 3.00. The molecule has 0 amide bonds. The van der Waals surface area contributed by atoms with Gasteiger partial charge in [0.1, 0.15) is 0 Å². The molecule has 3 heteroatoms. The topological polar surface area (TPSA) is 32.3 Å². The van der Waals surface area contributed by atoms with E-state index in [0.717, 1.165) is 10.2 Å². The normalized spacial score (nSPS) is 13.8. The Morgan fingerprint density at radius 2 is 1.93 bits per heavy atom. The Bertz CT molecular complexity index is 306. The van der Waals surface area contributed by atoms with Crippen LogP contribution in [0.25, 0.3) is 0 Å². The molecule has 0 saturated carbocycles. The molecule has 1 rings (SSSR count). The van der Waals surface area contributed by atoms with Crippen molar-refractivity contribution in [2.75, 3.05) is 5.32 Å². The molecule has 2 nitrogen and oxygen atoms in total. The second kappa shape index (κ2) is 4.32. The van der Waals surface area contributed by atoms with Gasteiger partial charge in [0.2, 0.25) is 0 Å². The first kappa shape index (κ1) is 11.5. The quantitative estimate of drug-likeness (QED) is 0.873. The minimum absolute atomic E-state index is 0.00111. The third-order valence-electron chi connectivity index (χ3n) is 2.31. The molecule has 0 bridgehead atoms. The molecule has 78 valence electrons. The summed E-state index contributed by atoms with van der Waals surface area (Å²) in [4.78, 5) is 0. The summed E-state index contributed by atoms with van der Waals surface area (Å²) in [5, 5.41) is 13.0. The fourth-order valence-corrected chi connectivity index (χ4v) is 1.39. The summed E-state index contributed by atoms with van der Waals surface area (Å²) in [6.07, 6.45) is 0. The summed E-state index contributed by atoms with van der Waals surface area (Å²) in [5.74, 6) is 0. The molecular weight excluding hydrogens is 242 g/mol. The number of rotatable bonds is 3. The number of para-hydroxylation sites is 1. The van der Waals surface area contributed by atoms with Gasteiger partial charge in [0, 0.05) is 10.2 Å². The lowest BCUT2D eigenvalue weighted by Gasteiger charge is -2.28. The van der Waals surface area contributed by atoms with E-state index in [1.807, 2.05) is 31.2 Å². The van der Waals surface area contributed by atoms with Crippen molar-refractivity contribution in [3.8, 4) is 0 Å². The van der Waals surface area contributed by atoms with Crippen LogP contribution in [0, 0.1) is 0 Å². The number of aliphatic hydroxyl groups is 1. The molecule has 0 aromatic heterocycles. The summed E-state index contributed by atoms with van der Waals surface area (Å²) < 4.78 is 1.01. The van der Waals surface area contributed by atoms with Gasteiger partial charge in [0.15, 0.2) is 0 Å². The molecule has 0 spiro atoms. The Labute approximate surface area is 93.5 Å². The van der Waals surface area contributed by atoms with Gasteiger partial charge in [0.25, 0.3) is 0 Å². The van der Waals surface area contributed by atoms with E-state index in [1.54, 1.807) is 13.8 Å². The van der Waals surface area contributed by atoms with E-state index in [9.17, 15) is 5.11 Å². The Hall–Kier alpha value is -0.540. The van der Waals surface area contributed by atoms with Gasteiger partial charge in [-0.1, -0.05) is 12.1 Å². The molecule has 14 heavy (non-hydrogen) atoms. The minimum Gasteiger partial charge on any atom is -0.388 e. The van der Waals surface area contributed by atoms with Gasteiger partial charge in [-0.15, -0.1) is 0 Å². The van der Waals surface area contributed by atoms with Crippen molar-refractivity contribution in [1.82, 2.24) is 0 Å². The molecule has 0 fully saturated rings. The van der Waals surface area contributed by atoms with Crippen LogP contribution < -0.4 is 5.32 Å². The monoisotopic (exact) mass is 257 g/mol. The zero-order valence-corrected chi connectivity index (χ0v) is 10.3. The molecular formula is C11H16BrNO. The van der Waals surface area contributed by atoms with Gasteiger partial charge >= 0.3 is 0 Å². The van der Waals surface area contributed by atoms with Crippen molar-refractivity contribution in [1.29, 1.82) is 0 Å². The highest BCUT2D eigenvalue weighted by molar-refractivity contribution is 9.10. The van der Waals surface area contributed by atoms with Crippen molar-refractivity contribution in [3.05, 3.63) is 28.7 Å². The molecule has 1 aromatic carbocycles. The number of benzene rings is 1. The molecule has 0 aliphatic rings. The number of hydrogen-bond acceptors (Lipinski definition) is 2. The molecule has 0 saturated heterocycles. The van der Waals surface area contributed by atoms with Crippen LogP contribution in [-0.4, -0.2) is 16.7 Å². The largest absolute Gasteiger partial charge is 0.388 e. The Balaban J connectivity index is 2.75. The van der Waals surface area contributed by atoms with Crippen molar-refractivity contribution in [2.24, 2.45) is 0 Å². The van der Waals surface area contributed by atoms with Crippen LogP contribution >= 0.6 is 15.9 Å². The highest BCUT2D eigenvalue weighted by Gasteiger charge is 2.22. The smallest absolute Gasteiger partial charge is 0.0789 e. The first-order chi connectivity index (χ1) is 6.41. The van der Waals surface area contributed by atoms with E-state index < -0.39 is 5.60 Å². The average molecular weight is 258 g/mol. The van der Waals surface area contributed by atoms with Crippen molar-refractivity contribution < 1.29 is 5.11 Å². The second-order valence-electron chi connectivity index (χ2n) is 4.00. The van der Waals surface area contributed by atoms with E-state index in [-0.39, 0.29) is 6.04 Å². The number of anilines is 1. The van der Waals surface area contributed by atoms with Crippen LogP contribution in [0.15, 0.2) is 28.7 Å². The lowest BCUT2D eigenvalue weighted by atomic mass is 10.0. The lowest BCUT2D eigenvalue weighted by molar-refractivity contribution is 0.0649. The van der Waals surface area contributed by atoms with E-state index >= 15 is 0 Å². The molecule has 2 N–H and O–H groups in total. The van der Waals surface area contributed by atoms with Crippen molar-refractivity contribution in [3.63, 3.8) is 0 Å². The number of hydrogen-bond donors (Lipinski definition) is 2.